The predicted octanol–water partition coefficient (Wildman–Crippen LogP) is 4.26. The fourth-order valence-electron chi connectivity index (χ4n) is 1.43. The van der Waals surface area contributed by atoms with Crippen LogP contribution in [-0.4, -0.2) is 19.7 Å². The second-order valence-electron chi connectivity index (χ2n) is 3.88. The number of nitrogens with one attached hydrogen (secondary N) is 1. The van der Waals surface area contributed by atoms with Crippen molar-refractivity contribution in [1.29, 1.82) is 0 Å². The predicted molar refractivity (Wildman–Crippen MR) is 77.0 cm³/mol. The molecule has 96 valence electrons. The van der Waals surface area contributed by atoms with Gasteiger partial charge in [0.25, 0.3) is 0 Å². The molecular weight excluding hydrogens is 302 g/mol. The van der Waals surface area contributed by atoms with Crippen molar-refractivity contribution in [3.63, 3.8) is 0 Å². The SMILES string of the molecule is CCCNCCCCOc1ccc(Cl)cc1Br. The smallest absolute Gasteiger partial charge is 0.133 e. The highest BCUT2D eigenvalue weighted by Gasteiger charge is 2.01. The zero-order valence-electron chi connectivity index (χ0n) is 10.1. The zero-order chi connectivity index (χ0) is 12.5. The summed E-state index contributed by atoms with van der Waals surface area (Å²) < 4.78 is 6.58. The summed E-state index contributed by atoms with van der Waals surface area (Å²) in [4.78, 5) is 0. The molecule has 0 saturated heterocycles. The van der Waals surface area contributed by atoms with Crippen molar-refractivity contribution in [2.45, 2.75) is 26.2 Å². The maximum atomic E-state index is 5.86. The lowest BCUT2D eigenvalue weighted by Gasteiger charge is -2.08. The van der Waals surface area contributed by atoms with Gasteiger partial charge in [-0.15, -0.1) is 0 Å². The van der Waals surface area contributed by atoms with Gasteiger partial charge in [-0.25, -0.2) is 0 Å². The molecule has 0 fully saturated rings. The van der Waals surface area contributed by atoms with E-state index in [9.17, 15) is 0 Å². The molecule has 1 aromatic carbocycles. The van der Waals surface area contributed by atoms with Crippen molar-refractivity contribution in [1.82, 2.24) is 5.32 Å². The largest absolute Gasteiger partial charge is 0.492 e. The van der Waals surface area contributed by atoms with Crippen LogP contribution < -0.4 is 10.1 Å². The Kier molecular flexibility index (Phi) is 7.65. The molecule has 0 radical (unpaired) electrons. The maximum Gasteiger partial charge on any atom is 0.133 e. The van der Waals surface area contributed by atoms with Gasteiger partial charge >= 0.3 is 0 Å². The second kappa shape index (κ2) is 8.78. The summed E-state index contributed by atoms with van der Waals surface area (Å²) in [6.07, 6.45) is 3.39. The summed E-state index contributed by atoms with van der Waals surface area (Å²) in [6, 6.07) is 5.58. The number of benzene rings is 1. The van der Waals surface area contributed by atoms with Crippen LogP contribution in [0.1, 0.15) is 26.2 Å². The first-order chi connectivity index (χ1) is 8.24. The molecule has 0 heterocycles. The van der Waals surface area contributed by atoms with Crippen LogP contribution in [0.25, 0.3) is 0 Å². The first-order valence-corrected chi connectivity index (χ1v) is 7.19. The van der Waals surface area contributed by atoms with Crippen LogP contribution in [-0.2, 0) is 0 Å². The summed E-state index contributed by atoms with van der Waals surface area (Å²) in [5.74, 6) is 0.857. The Morgan fingerprint density at radius 2 is 2.12 bits per heavy atom. The van der Waals surface area contributed by atoms with E-state index in [1.54, 1.807) is 0 Å². The van der Waals surface area contributed by atoms with Gasteiger partial charge in [0, 0.05) is 5.02 Å². The molecule has 2 nitrogen and oxygen atoms in total. The van der Waals surface area contributed by atoms with Crippen LogP contribution in [0.15, 0.2) is 22.7 Å². The quantitative estimate of drug-likeness (QED) is 0.723. The molecule has 4 heteroatoms. The van der Waals surface area contributed by atoms with Gasteiger partial charge in [0.15, 0.2) is 0 Å². The van der Waals surface area contributed by atoms with Crippen molar-refractivity contribution in [3.8, 4) is 5.75 Å². The lowest BCUT2D eigenvalue weighted by atomic mass is 10.3. The molecule has 0 bridgehead atoms. The van der Waals surface area contributed by atoms with Crippen molar-refractivity contribution < 1.29 is 4.74 Å². The fraction of sp³-hybridized carbons (Fsp3) is 0.538. The van der Waals surface area contributed by atoms with Gasteiger partial charge in [-0.1, -0.05) is 18.5 Å². The molecule has 17 heavy (non-hydrogen) atoms. The molecule has 0 aliphatic carbocycles. The minimum atomic E-state index is 0.716. The first-order valence-electron chi connectivity index (χ1n) is 6.02. The van der Waals surface area contributed by atoms with Gasteiger partial charge < -0.3 is 10.1 Å². The summed E-state index contributed by atoms with van der Waals surface area (Å²) in [7, 11) is 0. The Balaban J connectivity index is 2.14. The first kappa shape index (κ1) is 14.8. The topological polar surface area (TPSA) is 21.3 Å². The van der Waals surface area contributed by atoms with E-state index < -0.39 is 0 Å². The van der Waals surface area contributed by atoms with E-state index in [0.717, 1.165) is 42.8 Å². The third-order valence-corrected chi connectivity index (χ3v) is 3.18. The molecule has 0 aliphatic heterocycles. The molecule has 1 rings (SSSR count). The van der Waals surface area contributed by atoms with Gasteiger partial charge in [-0.2, -0.15) is 0 Å². The lowest BCUT2D eigenvalue weighted by molar-refractivity contribution is 0.304. The van der Waals surface area contributed by atoms with E-state index in [1.807, 2.05) is 18.2 Å². The Labute approximate surface area is 117 Å². The Morgan fingerprint density at radius 1 is 1.29 bits per heavy atom. The standard InChI is InChI=1S/C13H19BrClNO/c1-2-7-16-8-3-4-9-17-13-6-5-11(15)10-12(13)14/h5-6,10,16H,2-4,7-9H2,1H3. The Morgan fingerprint density at radius 3 is 2.82 bits per heavy atom. The van der Waals surface area contributed by atoms with Crippen LogP contribution in [0.2, 0.25) is 5.02 Å². The van der Waals surface area contributed by atoms with Gasteiger partial charge in [-0.3, -0.25) is 0 Å². The molecule has 0 unspecified atom stereocenters. The zero-order valence-corrected chi connectivity index (χ0v) is 12.5. The number of unbranched alkanes of at least 4 members (excludes halogenated alkanes) is 1. The summed E-state index contributed by atoms with van der Waals surface area (Å²) in [5, 5.41) is 4.09. The third-order valence-electron chi connectivity index (χ3n) is 2.33. The molecule has 1 aromatic rings. The van der Waals surface area contributed by atoms with E-state index in [4.69, 9.17) is 16.3 Å². The van der Waals surface area contributed by atoms with Crippen molar-refractivity contribution in [3.05, 3.63) is 27.7 Å². The van der Waals surface area contributed by atoms with Crippen LogP contribution >= 0.6 is 27.5 Å². The van der Waals surface area contributed by atoms with Gasteiger partial charge in [0.2, 0.25) is 0 Å². The molecule has 0 amide bonds. The lowest BCUT2D eigenvalue weighted by Crippen LogP contribution is -2.16. The van der Waals surface area contributed by atoms with E-state index in [0.29, 0.717) is 5.02 Å². The molecule has 0 aliphatic rings. The maximum absolute atomic E-state index is 5.86. The monoisotopic (exact) mass is 319 g/mol. The third kappa shape index (κ3) is 6.29. The van der Waals surface area contributed by atoms with Crippen LogP contribution in [0.5, 0.6) is 5.75 Å². The summed E-state index contributed by atoms with van der Waals surface area (Å²) >= 11 is 9.28. The highest BCUT2D eigenvalue weighted by atomic mass is 79.9. The highest BCUT2D eigenvalue weighted by Crippen LogP contribution is 2.27. The van der Waals surface area contributed by atoms with Crippen LogP contribution in [0, 0.1) is 0 Å². The number of hydrogen-bond donors (Lipinski definition) is 1. The normalized spacial score (nSPS) is 10.5. The Bertz CT molecular complexity index is 333. The molecular formula is C13H19BrClNO. The number of ether oxygens (including phenoxy) is 1. The average molecular weight is 321 g/mol. The van der Waals surface area contributed by atoms with Crippen LogP contribution in [0.3, 0.4) is 0 Å². The molecule has 0 spiro atoms. The number of rotatable bonds is 8. The molecule has 0 saturated carbocycles. The number of halogens is 2. The van der Waals surface area contributed by atoms with Gasteiger partial charge in [0.05, 0.1) is 11.1 Å². The van der Waals surface area contributed by atoms with E-state index >= 15 is 0 Å². The minimum Gasteiger partial charge on any atom is -0.492 e. The highest BCUT2D eigenvalue weighted by molar-refractivity contribution is 9.10. The van der Waals surface area contributed by atoms with Crippen molar-refractivity contribution in [2.24, 2.45) is 0 Å². The van der Waals surface area contributed by atoms with E-state index in [-0.39, 0.29) is 0 Å². The molecule has 0 atom stereocenters. The number of hydrogen-bond acceptors (Lipinski definition) is 2. The summed E-state index contributed by atoms with van der Waals surface area (Å²) in [6.45, 7) is 5.09. The fourth-order valence-corrected chi connectivity index (χ4v) is 2.23. The van der Waals surface area contributed by atoms with E-state index in [2.05, 4.69) is 28.2 Å². The molecule has 0 aromatic heterocycles. The second-order valence-corrected chi connectivity index (χ2v) is 5.17. The summed E-state index contributed by atoms with van der Waals surface area (Å²) in [5.41, 5.74) is 0. The molecule has 1 N–H and O–H groups in total. The van der Waals surface area contributed by atoms with Gasteiger partial charge in [-0.05, 0) is 66.5 Å². The van der Waals surface area contributed by atoms with Crippen molar-refractivity contribution in [2.75, 3.05) is 19.7 Å². The van der Waals surface area contributed by atoms with Gasteiger partial charge in [0.1, 0.15) is 5.75 Å². The van der Waals surface area contributed by atoms with E-state index in [1.165, 1.54) is 6.42 Å². The average Bonchev–Trinajstić information content (AvgIpc) is 2.30. The van der Waals surface area contributed by atoms with Crippen molar-refractivity contribution >= 4 is 27.5 Å². The van der Waals surface area contributed by atoms with Crippen LogP contribution in [0.4, 0.5) is 0 Å². The Hall–Kier alpha value is -0.250. The minimum absolute atomic E-state index is 0.716.